The predicted octanol–water partition coefficient (Wildman–Crippen LogP) is 16.0. The Balaban J connectivity index is 1.18. The monoisotopic (exact) mass is 735 g/mol. The Labute approximate surface area is 327 Å². The van der Waals surface area contributed by atoms with E-state index in [1.54, 1.807) is 0 Å². The van der Waals surface area contributed by atoms with Crippen LogP contribution in [0.5, 0.6) is 0 Å². The highest BCUT2D eigenvalue weighted by Crippen LogP contribution is 2.50. The zero-order chi connectivity index (χ0) is 36.3. The SMILES string of the molecule is c1ccc(-c2cccc(-c3cccc(N(c4ccccc4-c4cccc5ccc6sc7ccccc7c6c45)c4cccc5sc6ccccc6c45)c3)c2)cc1. The lowest BCUT2D eigenvalue weighted by Gasteiger charge is -2.29. The highest BCUT2D eigenvalue weighted by atomic mass is 32.1. The third-order valence-corrected chi connectivity index (χ3v) is 13.1. The van der Waals surface area contributed by atoms with E-state index in [1.807, 2.05) is 22.7 Å². The molecule has 0 saturated carbocycles. The summed E-state index contributed by atoms with van der Waals surface area (Å²) in [5.74, 6) is 0. The molecular weight excluding hydrogens is 703 g/mol. The van der Waals surface area contributed by atoms with Gasteiger partial charge in [0.2, 0.25) is 0 Å². The second-order valence-electron chi connectivity index (χ2n) is 14.0. The Hall–Kier alpha value is -6.52. The summed E-state index contributed by atoms with van der Waals surface area (Å²) < 4.78 is 5.21. The van der Waals surface area contributed by atoms with Crippen molar-refractivity contribution in [3.05, 3.63) is 200 Å². The lowest BCUT2D eigenvalue weighted by molar-refractivity contribution is 1.30. The molecule has 0 bridgehead atoms. The van der Waals surface area contributed by atoms with Crippen LogP contribution < -0.4 is 4.90 Å². The van der Waals surface area contributed by atoms with Crippen molar-refractivity contribution < 1.29 is 0 Å². The topological polar surface area (TPSA) is 3.24 Å². The Bertz CT molecular complexity index is 3220. The molecule has 0 aliphatic heterocycles. The van der Waals surface area contributed by atoms with Crippen LogP contribution in [-0.4, -0.2) is 0 Å². The molecule has 0 atom stereocenters. The van der Waals surface area contributed by atoms with E-state index in [2.05, 4.69) is 205 Å². The van der Waals surface area contributed by atoms with E-state index < -0.39 is 0 Å². The molecule has 2 heterocycles. The molecule has 0 aliphatic rings. The van der Waals surface area contributed by atoms with Crippen molar-refractivity contribution in [3.8, 4) is 33.4 Å². The second kappa shape index (κ2) is 13.1. The van der Waals surface area contributed by atoms with Gasteiger partial charge >= 0.3 is 0 Å². The summed E-state index contributed by atoms with van der Waals surface area (Å²) in [5.41, 5.74) is 10.7. The van der Waals surface area contributed by atoms with Gasteiger partial charge in [-0.25, -0.2) is 0 Å². The van der Waals surface area contributed by atoms with Crippen LogP contribution in [0.4, 0.5) is 17.1 Å². The van der Waals surface area contributed by atoms with Crippen LogP contribution in [0.25, 0.3) is 84.5 Å². The Morgan fingerprint density at radius 1 is 0.309 bits per heavy atom. The van der Waals surface area contributed by atoms with E-state index in [9.17, 15) is 0 Å². The van der Waals surface area contributed by atoms with Gasteiger partial charge in [0, 0.05) is 51.6 Å². The number of benzene rings is 9. The average molecular weight is 736 g/mol. The molecule has 0 N–H and O–H groups in total. The van der Waals surface area contributed by atoms with Gasteiger partial charge < -0.3 is 4.90 Å². The standard InChI is InChI=1S/C52H33NS2/c1-2-14-34(15-3-1)36-17-10-18-37(32-36)38-19-11-20-39(33-38)53(45-26-13-29-48-51(45)42-22-5-8-27-46(42)54-48)44-25-7-4-21-40(44)41-24-12-16-35-30-31-49-52(50(35)41)43-23-6-9-28-47(43)55-49/h1-33H. The summed E-state index contributed by atoms with van der Waals surface area (Å²) in [7, 11) is 0. The number of rotatable bonds is 6. The average Bonchev–Trinajstić information content (AvgIpc) is 3.83. The second-order valence-corrected chi connectivity index (χ2v) is 16.2. The summed E-state index contributed by atoms with van der Waals surface area (Å²) >= 11 is 3.74. The lowest BCUT2D eigenvalue weighted by Crippen LogP contribution is -2.11. The Morgan fingerprint density at radius 2 is 0.855 bits per heavy atom. The number of nitrogens with zero attached hydrogens (tertiary/aromatic N) is 1. The maximum atomic E-state index is 2.51. The molecule has 1 nitrogen and oxygen atoms in total. The highest BCUT2D eigenvalue weighted by molar-refractivity contribution is 7.26. The molecule has 0 unspecified atom stereocenters. The molecule has 0 radical (unpaired) electrons. The molecule has 2 aromatic heterocycles. The first-order valence-corrected chi connectivity index (χ1v) is 20.3. The summed E-state index contributed by atoms with van der Waals surface area (Å²) in [5, 5.41) is 7.76. The molecule has 0 fully saturated rings. The molecular formula is C52H33NS2. The quantitative estimate of drug-likeness (QED) is 0.164. The van der Waals surface area contributed by atoms with Gasteiger partial charge in [-0.2, -0.15) is 0 Å². The molecule has 11 rings (SSSR count). The predicted molar refractivity (Wildman–Crippen MR) is 241 cm³/mol. The minimum Gasteiger partial charge on any atom is -0.309 e. The molecule has 0 spiro atoms. The van der Waals surface area contributed by atoms with Gasteiger partial charge in [0.05, 0.1) is 11.4 Å². The van der Waals surface area contributed by atoms with Gasteiger partial charge in [-0.3, -0.25) is 0 Å². The van der Waals surface area contributed by atoms with Crippen molar-refractivity contribution in [1.29, 1.82) is 0 Å². The fourth-order valence-electron chi connectivity index (χ4n) is 8.40. The summed E-state index contributed by atoms with van der Waals surface area (Å²) in [6.45, 7) is 0. The fourth-order valence-corrected chi connectivity index (χ4v) is 10.6. The van der Waals surface area contributed by atoms with Crippen molar-refractivity contribution in [2.75, 3.05) is 4.90 Å². The third-order valence-electron chi connectivity index (χ3n) is 10.8. The van der Waals surface area contributed by atoms with Crippen LogP contribution in [0.2, 0.25) is 0 Å². The van der Waals surface area contributed by atoms with Gasteiger partial charge in [0.1, 0.15) is 0 Å². The minimum atomic E-state index is 1.12. The Morgan fingerprint density at radius 3 is 1.67 bits per heavy atom. The smallest absolute Gasteiger partial charge is 0.0555 e. The summed E-state index contributed by atoms with van der Waals surface area (Å²) in [6, 6.07) is 73.5. The van der Waals surface area contributed by atoms with Crippen molar-refractivity contribution in [1.82, 2.24) is 0 Å². The normalized spacial score (nSPS) is 11.6. The fraction of sp³-hybridized carbons (Fsp3) is 0. The van der Waals surface area contributed by atoms with Crippen LogP contribution >= 0.6 is 22.7 Å². The first-order valence-electron chi connectivity index (χ1n) is 18.7. The third kappa shape index (κ3) is 5.35. The van der Waals surface area contributed by atoms with Crippen LogP contribution in [0.15, 0.2) is 200 Å². The number of para-hydroxylation sites is 1. The van der Waals surface area contributed by atoms with E-state index in [0.29, 0.717) is 0 Å². The molecule has 0 amide bonds. The molecule has 11 aromatic rings. The zero-order valence-corrected chi connectivity index (χ0v) is 31.4. The first-order chi connectivity index (χ1) is 27.3. The lowest BCUT2D eigenvalue weighted by atomic mass is 9.93. The van der Waals surface area contributed by atoms with E-state index in [0.717, 1.165) is 11.4 Å². The highest BCUT2D eigenvalue weighted by Gasteiger charge is 2.23. The number of fused-ring (bicyclic) bond motifs is 8. The summed E-state index contributed by atoms with van der Waals surface area (Å²) in [6.07, 6.45) is 0. The van der Waals surface area contributed by atoms with Crippen LogP contribution in [0, 0.1) is 0 Å². The van der Waals surface area contributed by atoms with Gasteiger partial charge in [0.25, 0.3) is 0 Å². The van der Waals surface area contributed by atoms with Gasteiger partial charge in [0.15, 0.2) is 0 Å². The van der Waals surface area contributed by atoms with Gasteiger partial charge in [-0.1, -0.05) is 146 Å². The molecule has 9 aromatic carbocycles. The number of hydrogen-bond donors (Lipinski definition) is 0. The first kappa shape index (κ1) is 32.0. The van der Waals surface area contributed by atoms with E-state index in [4.69, 9.17) is 0 Å². The van der Waals surface area contributed by atoms with Crippen molar-refractivity contribution in [3.63, 3.8) is 0 Å². The van der Waals surface area contributed by atoms with Gasteiger partial charge in [-0.05, 0) is 93.2 Å². The largest absolute Gasteiger partial charge is 0.309 e. The molecule has 3 heteroatoms. The number of thiophene rings is 2. The number of hydrogen-bond acceptors (Lipinski definition) is 3. The zero-order valence-electron chi connectivity index (χ0n) is 29.8. The van der Waals surface area contributed by atoms with Crippen LogP contribution in [-0.2, 0) is 0 Å². The Kier molecular flexibility index (Phi) is 7.61. The van der Waals surface area contributed by atoms with E-state index in [-0.39, 0.29) is 0 Å². The van der Waals surface area contributed by atoms with Crippen molar-refractivity contribution in [2.45, 2.75) is 0 Å². The number of anilines is 3. The van der Waals surface area contributed by atoms with Crippen molar-refractivity contribution >= 4 is 90.9 Å². The maximum Gasteiger partial charge on any atom is 0.0555 e. The van der Waals surface area contributed by atoms with Gasteiger partial charge in [-0.15, -0.1) is 22.7 Å². The van der Waals surface area contributed by atoms with E-state index in [1.165, 1.54) is 90.2 Å². The van der Waals surface area contributed by atoms with Crippen molar-refractivity contribution in [2.24, 2.45) is 0 Å². The molecule has 0 saturated heterocycles. The van der Waals surface area contributed by atoms with Crippen LogP contribution in [0.3, 0.4) is 0 Å². The van der Waals surface area contributed by atoms with Crippen LogP contribution in [0.1, 0.15) is 0 Å². The molecule has 0 aliphatic carbocycles. The maximum absolute atomic E-state index is 2.51. The minimum absolute atomic E-state index is 1.12. The molecule has 258 valence electrons. The summed E-state index contributed by atoms with van der Waals surface area (Å²) in [4.78, 5) is 2.51. The van der Waals surface area contributed by atoms with E-state index >= 15 is 0 Å². The molecule has 55 heavy (non-hydrogen) atoms.